The molecule has 1 fully saturated rings. The van der Waals surface area contributed by atoms with Crippen LogP contribution in [0.1, 0.15) is 17.5 Å². The average Bonchev–Trinajstić information content (AvgIpc) is 2.87. The lowest BCUT2D eigenvalue weighted by molar-refractivity contribution is -0.127. The Kier molecular flexibility index (Phi) is 6.21. The highest BCUT2D eigenvalue weighted by atomic mass is 127. The van der Waals surface area contributed by atoms with Gasteiger partial charge in [0.05, 0.1) is 5.69 Å². The van der Waals surface area contributed by atoms with Gasteiger partial charge in [0.1, 0.15) is 5.25 Å². The molecule has 140 valence electrons. The molecule has 0 bridgehead atoms. The molecule has 0 aromatic heterocycles. The number of carbonyl (C=O) groups excluding carboxylic acids is 2. The lowest BCUT2D eigenvalue weighted by Crippen LogP contribution is -2.30. The SMILES string of the molecule is Cc1ccc(NC(=O)C[C@@H]2SC(=Nc3ccc(I)cc3)N(C)C2=O)c(C)c1. The van der Waals surface area contributed by atoms with Gasteiger partial charge < -0.3 is 5.32 Å². The molecule has 0 spiro atoms. The van der Waals surface area contributed by atoms with E-state index in [-0.39, 0.29) is 18.2 Å². The van der Waals surface area contributed by atoms with E-state index >= 15 is 0 Å². The van der Waals surface area contributed by atoms with Gasteiger partial charge in [0.15, 0.2) is 5.17 Å². The molecule has 3 rings (SSSR count). The molecule has 0 unspecified atom stereocenters. The maximum atomic E-state index is 12.5. The molecular weight excluding hydrogens is 473 g/mol. The van der Waals surface area contributed by atoms with Crippen LogP contribution in [0.5, 0.6) is 0 Å². The van der Waals surface area contributed by atoms with Gasteiger partial charge in [-0.2, -0.15) is 0 Å². The fourth-order valence-corrected chi connectivity index (χ4v) is 4.26. The van der Waals surface area contributed by atoms with Crippen LogP contribution in [0.25, 0.3) is 0 Å². The molecule has 2 aromatic carbocycles. The number of rotatable bonds is 4. The second-order valence-corrected chi connectivity index (χ2v) is 8.86. The third-order valence-electron chi connectivity index (χ3n) is 4.22. The number of thioether (sulfide) groups is 1. The minimum absolute atomic E-state index is 0.0972. The van der Waals surface area contributed by atoms with Gasteiger partial charge in [-0.25, -0.2) is 4.99 Å². The number of amidine groups is 1. The monoisotopic (exact) mass is 493 g/mol. The smallest absolute Gasteiger partial charge is 0.242 e. The van der Waals surface area contributed by atoms with Crippen molar-refractivity contribution in [3.63, 3.8) is 0 Å². The van der Waals surface area contributed by atoms with Crippen molar-refractivity contribution >= 4 is 62.7 Å². The van der Waals surface area contributed by atoms with E-state index in [1.807, 2.05) is 56.3 Å². The van der Waals surface area contributed by atoms with Crippen LogP contribution in [0.4, 0.5) is 11.4 Å². The van der Waals surface area contributed by atoms with Crippen LogP contribution in [-0.2, 0) is 9.59 Å². The maximum Gasteiger partial charge on any atom is 0.242 e. The van der Waals surface area contributed by atoms with E-state index in [1.165, 1.54) is 16.7 Å². The molecule has 0 aliphatic carbocycles. The summed E-state index contributed by atoms with van der Waals surface area (Å²) in [5.74, 6) is -0.267. The van der Waals surface area contributed by atoms with Gasteiger partial charge in [-0.15, -0.1) is 0 Å². The topological polar surface area (TPSA) is 61.8 Å². The lowest BCUT2D eigenvalue weighted by Gasteiger charge is -2.11. The van der Waals surface area contributed by atoms with Gasteiger partial charge >= 0.3 is 0 Å². The van der Waals surface area contributed by atoms with Crippen molar-refractivity contribution in [2.45, 2.75) is 25.5 Å². The van der Waals surface area contributed by atoms with Crippen molar-refractivity contribution in [1.82, 2.24) is 4.90 Å². The van der Waals surface area contributed by atoms with Crippen LogP contribution in [0, 0.1) is 17.4 Å². The molecular formula is C20H20IN3O2S. The summed E-state index contributed by atoms with van der Waals surface area (Å²) in [6.07, 6.45) is 0.118. The first-order valence-corrected chi connectivity index (χ1v) is 10.4. The second-order valence-electron chi connectivity index (χ2n) is 6.45. The average molecular weight is 493 g/mol. The number of halogens is 1. The number of aliphatic imine (C=N–C) groups is 1. The van der Waals surface area contributed by atoms with Gasteiger partial charge in [-0.05, 0) is 72.3 Å². The van der Waals surface area contributed by atoms with Crippen LogP contribution in [0.2, 0.25) is 0 Å². The summed E-state index contributed by atoms with van der Waals surface area (Å²) in [4.78, 5) is 31.0. The number of hydrogen-bond donors (Lipinski definition) is 1. The van der Waals surface area contributed by atoms with E-state index in [0.29, 0.717) is 5.17 Å². The standard InChI is InChI=1S/C20H20IN3O2S/c1-12-4-9-16(13(2)10-12)23-18(25)11-17-19(26)24(3)20(27-17)22-15-7-5-14(21)6-8-15/h4-10,17H,11H2,1-3H3,(H,23,25)/t17-/m0/s1. The molecule has 1 atom stereocenters. The maximum absolute atomic E-state index is 12.5. The molecule has 5 nitrogen and oxygen atoms in total. The minimum atomic E-state index is -0.455. The Bertz CT molecular complexity index is 912. The first kappa shape index (κ1) is 19.9. The summed E-state index contributed by atoms with van der Waals surface area (Å²) in [6, 6.07) is 13.6. The second kappa shape index (κ2) is 8.43. The van der Waals surface area contributed by atoms with Crippen LogP contribution < -0.4 is 5.32 Å². The van der Waals surface area contributed by atoms with Crippen molar-refractivity contribution in [3.05, 3.63) is 57.2 Å². The number of amides is 2. The number of aryl methyl sites for hydroxylation is 2. The van der Waals surface area contributed by atoms with E-state index in [1.54, 1.807) is 7.05 Å². The highest BCUT2D eigenvalue weighted by Crippen LogP contribution is 2.31. The van der Waals surface area contributed by atoms with Gasteiger partial charge in [-0.1, -0.05) is 29.5 Å². The molecule has 2 amide bonds. The molecule has 0 saturated carbocycles. The molecule has 1 N–H and O–H groups in total. The van der Waals surface area contributed by atoms with Crippen LogP contribution >= 0.6 is 34.4 Å². The Morgan fingerprint density at radius 1 is 1.22 bits per heavy atom. The zero-order valence-electron chi connectivity index (χ0n) is 15.3. The fourth-order valence-electron chi connectivity index (χ4n) is 2.75. The predicted octanol–water partition coefficient (Wildman–Crippen LogP) is 4.50. The fraction of sp³-hybridized carbons (Fsp3) is 0.250. The number of anilines is 1. The summed E-state index contributed by atoms with van der Waals surface area (Å²) in [7, 11) is 1.70. The van der Waals surface area contributed by atoms with Crippen molar-refractivity contribution in [1.29, 1.82) is 0 Å². The Morgan fingerprint density at radius 3 is 2.59 bits per heavy atom. The van der Waals surface area contributed by atoms with Crippen molar-refractivity contribution in [3.8, 4) is 0 Å². The van der Waals surface area contributed by atoms with E-state index < -0.39 is 5.25 Å². The molecule has 2 aromatic rings. The van der Waals surface area contributed by atoms with E-state index in [2.05, 4.69) is 32.9 Å². The third kappa shape index (κ3) is 4.90. The quantitative estimate of drug-likeness (QED) is 0.639. The summed E-state index contributed by atoms with van der Waals surface area (Å²) in [5.41, 5.74) is 3.72. The van der Waals surface area contributed by atoms with Crippen molar-refractivity contribution in [2.24, 2.45) is 4.99 Å². The number of hydrogen-bond acceptors (Lipinski definition) is 4. The summed E-state index contributed by atoms with van der Waals surface area (Å²) >= 11 is 3.57. The number of nitrogens with zero attached hydrogens (tertiary/aromatic N) is 2. The first-order chi connectivity index (χ1) is 12.8. The van der Waals surface area contributed by atoms with E-state index in [0.717, 1.165) is 26.1 Å². The Hall–Kier alpha value is -1.87. The summed E-state index contributed by atoms with van der Waals surface area (Å²) in [6.45, 7) is 3.97. The normalized spacial score (nSPS) is 18.2. The minimum Gasteiger partial charge on any atom is -0.326 e. The van der Waals surface area contributed by atoms with Crippen molar-refractivity contribution in [2.75, 3.05) is 12.4 Å². The predicted molar refractivity (Wildman–Crippen MR) is 120 cm³/mol. The summed E-state index contributed by atoms with van der Waals surface area (Å²) in [5, 5.41) is 3.07. The molecule has 1 aliphatic heterocycles. The van der Waals surface area contributed by atoms with E-state index in [9.17, 15) is 9.59 Å². The summed E-state index contributed by atoms with van der Waals surface area (Å²) < 4.78 is 1.13. The van der Waals surface area contributed by atoms with Gasteiger partial charge in [0.2, 0.25) is 11.8 Å². The molecule has 0 radical (unpaired) electrons. The Morgan fingerprint density at radius 2 is 1.93 bits per heavy atom. The largest absolute Gasteiger partial charge is 0.326 e. The van der Waals surface area contributed by atoms with E-state index in [4.69, 9.17) is 0 Å². The number of benzene rings is 2. The Balaban J connectivity index is 1.67. The first-order valence-electron chi connectivity index (χ1n) is 8.49. The number of carbonyl (C=O) groups is 2. The molecule has 1 heterocycles. The highest BCUT2D eigenvalue weighted by molar-refractivity contribution is 14.1. The number of nitrogens with one attached hydrogen (secondary N) is 1. The zero-order chi connectivity index (χ0) is 19.6. The van der Waals surface area contributed by atoms with Crippen LogP contribution in [0.15, 0.2) is 47.5 Å². The van der Waals surface area contributed by atoms with Crippen LogP contribution in [0.3, 0.4) is 0 Å². The molecule has 27 heavy (non-hydrogen) atoms. The zero-order valence-corrected chi connectivity index (χ0v) is 18.3. The van der Waals surface area contributed by atoms with Crippen LogP contribution in [-0.4, -0.2) is 34.2 Å². The molecule has 1 aliphatic rings. The molecule has 1 saturated heterocycles. The Labute approximate surface area is 176 Å². The highest BCUT2D eigenvalue weighted by Gasteiger charge is 2.37. The lowest BCUT2D eigenvalue weighted by atomic mass is 10.1. The van der Waals surface area contributed by atoms with Gasteiger partial charge in [0, 0.05) is 22.7 Å². The third-order valence-corrected chi connectivity index (χ3v) is 6.17. The van der Waals surface area contributed by atoms with Crippen molar-refractivity contribution < 1.29 is 9.59 Å². The molecule has 7 heteroatoms. The van der Waals surface area contributed by atoms with Gasteiger partial charge in [-0.3, -0.25) is 14.5 Å². The van der Waals surface area contributed by atoms with Gasteiger partial charge in [0.25, 0.3) is 0 Å².